The first-order chi connectivity index (χ1) is 8.49. The third-order valence-corrected chi connectivity index (χ3v) is 2.89. The molecule has 0 fully saturated rings. The number of aliphatic hydroxyl groups is 1. The van der Waals surface area contributed by atoms with E-state index < -0.39 is 11.0 Å². The van der Waals surface area contributed by atoms with Gasteiger partial charge in [0.05, 0.1) is 21.7 Å². The van der Waals surface area contributed by atoms with Crippen molar-refractivity contribution in [3.63, 3.8) is 0 Å². The molecule has 0 radical (unpaired) electrons. The highest BCUT2D eigenvalue weighted by molar-refractivity contribution is 9.10. The summed E-state index contributed by atoms with van der Waals surface area (Å²) < 4.78 is 2.14. The van der Waals surface area contributed by atoms with Crippen molar-refractivity contribution < 1.29 is 10.0 Å². The van der Waals surface area contributed by atoms with Crippen LogP contribution in [0.5, 0.6) is 0 Å². The van der Waals surface area contributed by atoms with Crippen LogP contribution in [0.15, 0.2) is 35.1 Å². The fraction of sp³-hybridized carbons (Fsp3) is 0.182. The zero-order valence-corrected chi connectivity index (χ0v) is 11.0. The molecule has 1 N–H and O–H groups in total. The monoisotopic (exact) mass is 311 g/mol. The molecule has 94 valence electrons. The minimum atomic E-state index is -0.748. The van der Waals surface area contributed by atoms with Crippen LogP contribution in [0.3, 0.4) is 0 Å². The number of nitrogens with zero attached hydrogens (tertiary/aromatic N) is 3. The van der Waals surface area contributed by atoms with Gasteiger partial charge >= 0.3 is 0 Å². The standard InChI is InChI=1S/C11H10BrN3O3/c1-7(16)8-2-3-10(11(4-8)15(17)18)14-6-9(12)5-13-14/h2-7,16H,1H3. The molecule has 1 aromatic heterocycles. The number of rotatable bonds is 3. The predicted octanol–water partition coefficient (Wildman–Crippen LogP) is 2.60. The van der Waals surface area contributed by atoms with Crippen molar-refractivity contribution >= 4 is 21.6 Å². The zero-order valence-electron chi connectivity index (χ0n) is 9.45. The number of aromatic nitrogens is 2. The SMILES string of the molecule is CC(O)c1ccc(-n2cc(Br)cn2)c([N+](=O)[O-])c1. The van der Waals surface area contributed by atoms with Crippen LogP contribution in [-0.2, 0) is 0 Å². The molecule has 6 nitrogen and oxygen atoms in total. The Labute approximate surface area is 111 Å². The Morgan fingerprint density at radius 3 is 2.78 bits per heavy atom. The Balaban J connectivity index is 2.57. The summed E-state index contributed by atoms with van der Waals surface area (Å²) in [6.07, 6.45) is 2.43. The van der Waals surface area contributed by atoms with Crippen LogP contribution in [0.4, 0.5) is 5.69 Å². The number of nitro groups is 1. The fourth-order valence-electron chi connectivity index (χ4n) is 1.57. The Hall–Kier alpha value is -1.73. The highest BCUT2D eigenvalue weighted by Crippen LogP contribution is 2.27. The van der Waals surface area contributed by atoms with E-state index in [0.717, 1.165) is 4.47 Å². The van der Waals surface area contributed by atoms with E-state index in [9.17, 15) is 15.2 Å². The van der Waals surface area contributed by atoms with E-state index in [4.69, 9.17) is 0 Å². The molecule has 0 saturated carbocycles. The van der Waals surface area contributed by atoms with Gasteiger partial charge in [-0.25, -0.2) is 4.68 Å². The van der Waals surface area contributed by atoms with E-state index in [1.807, 2.05) is 0 Å². The molecular formula is C11H10BrN3O3. The molecule has 2 aromatic rings. The second-order valence-corrected chi connectivity index (χ2v) is 4.70. The molecule has 1 unspecified atom stereocenters. The van der Waals surface area contributed by atoms with Gasteiger partial charge in [-0.2, -0.15) is 5.10 Å². The van der Waals surface area contributed by atoms with E-state index in [2.05, 4.69) is 21.0 Å². The third kappa shape index (κ3) is 2.41. The van der Waals surface area contributed by atoms with Crippen LogP contribution < -0.4 is 0 Å². The molecule has 0 bridgehead atoms. The largest absolute Gasteiger partial charge is 0.389 e. The van der Waals surface area contributed by atoms with Gasteiger partial charge in [0.15, 0.2) is 0 Å². The predicted molar refractivity (Wildman–Crippen MR) is 68.6 cm³/mol. The van der Waals surface area contributed by atoms with E-state index >= 15 is 0 Å². The maximum absolute atomic E-state index is 11.0. The van der Waals surface area contributed by atoms with Gasteiger partial charge in [-0.1, -0.05) is 6.07 Å². The lowest BCUT2D eigenvalue weighted by atomic mass is 10.1. The number of aliphatic hydroxyl groups excluding tert-OH is 1. The molecule has 1 heterocycles. The van der Waals surface area contributed by atoms with Crippen LogP contribution in [0.2, 0.25) is 0 Å². The van der Waals surface area contributed by atoms with E-state index in [-0.39, 0.29) is 5.69 Å². The lowest BCUT2D eigenvalue weighted by Crippen LogP contribution is -2.02. The van der Waals surface area contributed by atoms with Crippen molar-refractivity contribution in [3.8, 4) is 5.69 Å². The van der Waals surface area contributed by atoms with Crippen molar-refractivity contribution in [2.24, 2.45) is 0 Å². The Morgan fingerprint density at radius 2 is 2.28 bits per heavy atom. The number of hydrogen-bond donors (Lipinski definition) is 1. The summed E-state index contributed by atoms with van der Waals surface area (Å²) in [5.41, 5.74) is 0.760. The Morgan fingerprint density at radius 1 is 1.56 bits per heavy atom. The van der Waals surface area contributed by atoms with Crippen LogP contribution in [0.1, 0.15) is 18.6 Å². The second-order valence-electron chi connectivity index (χ2n) is 3.78. The van der Waals surface area contributed by atoms with Crippen LogP contribution in [0.25, 0.3) is 5.69 Å². The lowest BCUT2D eigenvalue weighted by Gasteiger charge is -2.07. The first-order valence-corrected chi connectivity index (χ1v) is 5.95. The lowest BCUT2D eigenvalue weighted by molar-refractivity contribution is -0.384. The van der Waals surface area contributed by atoms with E-state index in [1.54, 1.807) is 31.5 Å². The molecule has 0 aliphatic heterocycles. The molecule has 0 spiro atoms. The third-order valence-electron chi connectivity index (χ3n) is 2.48. The first-order valence-electron chi connectivity index (χ1n) is 5.16. The van der Waals surface area contributed by atoms with Gasteiger partial charge in [-0.15, -0.1) is 0 Å². The highest BCUT2D eigenvalue weighted by Gasteiger charge is 2.18. The molecular weight excluding hydrogens is 302 g/mol. The average Bonchev–Trinajstić information content (AvgIpc) is 2.74. The molecule has 1 atom stereocenters. The maximum Gasteiger partial charge on any atom is 0.295 e. The summed E-state index contributed by atoms with van der Waals surface area (Å²) >= 11 is 3.24. The molecule has 18 heavy (non-hydrogen) atoms. The minimum absolute atomic E-state index is 0.0935. The first kappa shape index (κ1) is 12.7. The molecule has 2 rings (SSSR count). The summed E-state index contributed by atoms with van der Waals surface area (Å²) in [5, 5.41) is 24.5. The molecule has 7 heteroatoms. The quantitative estimate of drug-likeness (QED) is 0.697. The summed E-state index contributed by atoms with van der Waals surface area (Å²) in [6.45, 7) is 1.56. The number of nitro benzene ring substituents is 1. The number of hydrogen-bond acceptors (Lipinski definition) is 4. The minimum Gasteiger partial charge on any atom is -0.389 e. The van der Waals surface area contributed by atoms with Crippen molar-refractivity contribution in [1.82, 2.24) is 9.78 Å². The van der Waals surface area contributed by atoms with Crippen molar-refractivity contribution in [1.29, 1.82) is 0 Å². The van der Waals surface area contributed by atoms with Crippen molar-refractivity contribution in [2.75, 3.05) is 0 Å². The van der Waals surface area contributed by atoms with Gasteiger partial charge in [-0.05, 0) is 34.5 Å². The Bertz CT molecular complexity index is 595. The van der Waals surface area contributed by atoms with E-state index in [1.165, 1.54) is 10.7 Å². The van der Waals surface area contributed by atoms with Crippen molar-refractivity contribution in [2.45, 2.75) is 13.0 Å². The normalized spacial score (nSPS) is 12.4. The number of benzene rings is 1. The van der Waals surface area contributed by atoms with Crippen molar-refractivity contribution in [3.05, 3.63) is 50.7 Å². The molecule has 0 aliphatic rings. The average molecular weight is 312 g/mol. The summed E-state index contributed by atoms with van der Waals surface area (Å²) in [6, 6.07) is 4.57. The summed E-state index contributed by atoms with van der Waals surface area (Å²) in [4.78, 5) is 10.6. The van der Waals surface area contributed by atoms with Gasteiger partial charge in [0.1, 0.15) is 5.69 Å². The van der Waals surface area contributed by atoms with Gasteiger partial charge in [0.2, 0.25) is 0 Å². The number of halogens is 1. The van der Waals surface area contributed by atoms with Gasteiger partial charge < -0.3 is 5.11 Å². The molecule has 0 aliphatic carbocycles. The highest BCUT2D eigenvalue weighted by atomic mass is 79.9. The zero-order chi connectivity index (χ0) is 13.3. The van der Waals surface area contributed by atoms with Crippen LogP contribution in [-0.4, -0.2) is 19.8 Å². The van der Waals surface area contributed by atoms with Crippen LogP contribution >= 0.6 is 15.9 Å². The Kier molecular flexibility index (Phi) is 3.44. The summed E-state index contributed by atoms with van der Waals surface area (Å²) in [5.74, 6) is 0. The maximum atomic E-state index is 11.0. The molecule has 0 amide bonds. The van der Waals surface area contributed by atoms with Gasteiger partial charge in [0, 0.05) is 12.3 Å². The van der Waals surface area contributed by atoms with Gasteiger partial charge in [0.25, 0.3) is 5.69 Å². The summed E-state index contributed by atoms with van der Waals surface area (Å²) in [7, 11) is 0. The fourth-order valence-corrected chi connectivity index (χ4v) is 1.86. The van der Waals surface area contributed by atoms with Crippen LogP contribution in [0, 0.1) is 10.1 Å². The van der Waals surface area contributed by atoms with Gasteiger partial charge in [-0.3, -0.25) is 10.1 Å². The molecule has 1 aromatic carbocycles. The second kappa shape index (κ2) is 4.87. The molecule has 0 saturated heterocycles. The van der Waals surface area contributed by atoms with E-state index in [0.29, 0.717) is 11.3 Å². The smallest absolute Gasteiger partial charge is 0.295 e. The topological polar surface area (TPSA) is 81.2 Å².